The molecule has 0 aromatic heterocycles. The third-order valence-electron chi connectivity index (χ3n) is 4.70. The van der Waals surface area contributed by atoms with Gasteiger partial charge in [0, 0.05) is 6.54 Å². The van der Waals surface area contributed by atoms with Gasteiger partial charge in [0.15, 0.2) is 0 Å². The second-order valence-corrected chi connectivity index (χ2v) is 8.32. The maximum absolute atomic E-state index is 12.5. The summed E-state index contributed by atoms with van der Waals surface area (Å²) in [5.41, 5.74) is 1.43. The van der Waals surface area contributed by atoms with Gasteiger partial charge >= 0.3 is 0 Å². The average Bonchev–Trinajstić information content (AvgIpc) is 2.60. The first-order chi connectivity index (χ1) is 11.8. The molecule has 2 N–H and O–H groups in total. The monoisotopic (exact) mass is 361 g/mol. The van der Waals surface area contributed by atoms with Gasteiger partial charge in [-0.05, 0) is 67.1 Å². The fourth-order valence-corrected chi connectivity index (χ4v) is 4.52. The van der Waals surface area contributed by atoms with E-state index in [2.05, 4.69) is 4.72 Å². The number of hydrogen-bond acceptors (Lipinski definition) is 4. The van der Waals surface area contributed by atoms with Crippen LogP contribution < -0.4 is 9.46 Å². The largest absolute Gasteiger partial charge is 0.497 e. The van der Waals surface area contributed by atoms with Gasteiger partial charge in [-0.3, -0.25) is 0 Å². The molecule has 25 heavy (non-hydrogen) atoms. The molecule has 0 bridgehead atoms. The van der Waals surface area contributed by atoms with Crippen LogP contribution in [0.4, 0.5) is 0 Å². The van der Waals surface area contributed by atoms with E-state index >= 15 is 0 Å². The molecule has 1 atom stereocenters. The molecule has 0 aliphatic heterocycles. The van der Waals surface area contributed by atoms with Crippen LogP contribution in [0.25, 0.3) is 0 Å². The van der Waals surface area contributed by atoms with Gasteiger partial charge in [0.25, 0.3) is 0 Å². The summed E-state index contributed by atoms with van der Waals surface area (Å²) in [5.74, 6) is 0.739. The Morgan fingerprint density at radius 3 is 2.76 bits per heavy atom. The second-order valence-electron chi connectivity index (χ2n) is 6.55. The van der Waals surface area contributed by atoms with Crippen molar-refractivity contribution < 1.29 is 18.3 Å². The zero-order valence-corrected chi connectivity index (χ0v) is 15.3. The van der Waals surface area contributed by atoms with Crippen LogP contribution in [0, 0.1) is 6.92 Å². The molecule has 0 amide bonds. The summed E-state index contributed by atoms with van der Waals surface area (Å²) in [4.78, 5) is 0.210. The van der Waals surface area contributed by atoms with Gasteiger partial charge in [-0.1, -0.05) is 18.2 Å². The van der Waals surface area contributed by atoms with E-state index in [1.54, 1.807) is 31.4 Å². The summed E-state index contributed by atoms with van der Waals surface area (Å²) in [5, 5.41) is 11.1. The summed E-state index contributed by atoms with van der Waals surface area (Å²) in [7, 11) is -2.07. The molecule has 0 spiro atoms. The maximum Gasteiger partial charge on any atom is 0.240 e. The first kappa shape index (κ1) is 17.9. The van der Waals surface area contributed by atoms with Crippen molar-refractivity contribution in [2.45, 2.75) is 36.7 Å². The molecule has 1 aliphatic carbocycles. The fraction of sp³-hybridized carbons (Fsp3) is 0.368. The van der Waals surface area contributed by atoms with Crippen molar-refractivity contribution >= 4 is 10.0 Å². The van der Waals surface area contributed by atoms with Crippen molar-refractivity contribution in [1.29, 1.82) is 0 Å². The van der Waals surface area contributed by atoms with Crippen LogP contribution in [0.5, 0.6) is 5.75 Å². The predicted octanol–water partition coefficient (Wildman–Crippen LogP) is 2.51. The highest BCUT2D eigenvalue weighted by Crippen LogP contribution is 2.36. The number of ether oxygens (including phenoxy) is 1. The van der Waals surface area contributed by atoms with Gasteiger partial charge in [-0.2, -0.15) is 0 Å². The van der Waals surface area contributed by atoms with E-state index in [1.807, 2.05) is 25.1 Å². The number of benzene rings is 2. The first-order valence-electron chi connectivity index (χ1n) is 8.30. The standard InChI is InChI=1S/C19H23NO4S/c1-14-5-3-7-17(11-14)25(22,23)20-13-19(21)10-4-6-15-12-16(24-2)8-9-18(15)19/h3,5,7-9,11-12,20-21H,4,6,10,13H2,1-2H3. The third-order valence-corrected chi connectivity index (χ3v) is 6.10. The number of aryl methyl sites for hydroxylation is 2. The van der Waals surface area contributed by atoms with Crippen LogP contribution in [0.2, 0.25) is 0 Å². The number of nitrogens with one attached hydrogen (secondary N) is 1. The van der Waals surface area contributed by atoms with Crippen molar-refractivity contribution in [2.24, 2.45) is 0 Å². The Hall–Kier alpha value is -1.89. The Bertz CT molecular complexity index is 879. The maximum atomic E-state index is 12.5. The van der Waals surface area contributed by atoms with Crippen LogP contribution in [-0.2, 0) is 22.0 Å². The molecule has 1 unspecified atom stereocenters. The van der Waals surface area contributed by atoms with Crippen molar-refractivity contribution in [3.05, 3.63) is 59.2 Å². The van der Waals surface area contributed by atoms with Crippen molar-refractivity contribution in [3.8, 4) is 5.75 Å². The summed E-state index contributed by atoms with van der Waals surface area (Å²) >= 11 is 0. The molecule has 3 rings (SSSR count). The lowest BCUT2D eigenvalue weighted by Gasteiger charge is -2.34. The minimum Gasteiger partial charge on any atom is -0.497 e. The van der Waals surface area contributed by atoms with Crippen LogP contribution in [-0.4, -0.2) is 27.2 Å². The molecular formula is C19H23NO4S. The molecule has 2 aromatic rings. The quantitative estimate of drug-likeness (QED) is 0.858. The Kier molecular flexibility index (Phi) is 4.86. The van der Waals surface area contributed by atoms with E-state index in [0.29, 0.717) is 6.42 Å². The van der Waals surface area contributed by atoms with Crippen LogP contribution >= 0.6 is 0 Å². The van der Waals surface area contributed by atoms with Crippen molar-refractivity contribution in [3.63, 3.8) is 0 Å². The molecule has 0 saturated heterocycles. The minimum absolute atomic E-state index is 0.0530. The van der Waals surface area contributed by atoms with Crippen molar-refractivity contribution in [1.82, 2.24) is 4.72 Å². The first-order valence-corrected chi connectivity index (χ1v) is 9.78. The van der Waals surface area contributed by atoms with Crippen molar-refractivity contribution in [2.75, 3.05) is 13.7 Å². The number of methoxy groups -OCH3 is 1. The lowest BCUT2D eigenvalue weighted by atomic mass is 9.79. The fourth-order valence-electron chi connectivity index (χ4n) is 3.33. The molecule has 1 aliphatic rings. The Morgan fingerprint density at radius 1 is 1.24 bits per heavy atom. The van der Waals surface area contributed by atoms with E-state index in [9.17, 15) is 13.5 Å². The third kappa shape index (κ3) is 3.71. The number of fused-ring (bicyclic) bond motifs is 1. The van der Waals surface area contributed by atoms with E-state index in [1.165, 1.54) is 0 Å². The second kappa shape index (κ2) is 6.78. The molecule has 0 fully saturated rings. The van der Waals surface area contributed by atoms with Gasteiger partial charge in [-0.15, -0.1) is 0 Å². The normalized spacial score (nSPS) is 20.1. The van der Waals surface area contributed by atoms with Gasteiger partial charge in [0.1, 0.15) is 11.4 Å². The number of hydrogen-bond donors (Lipinski definition) is 2. The zero-order valence-electron chi connectivity index (χ0n) is 14.5. The Balaban J connectivity index is 1.84. The number of rotatable bonds is 5. The van der Waals surface area contributed by atoms with E-state index < -0.39 is 15.6 Å². The number of aliphatic hydroxyl groups is 1. The highest BCUT2D eigenvalue weighted by molar-refractivity contribution is 7.89. The summed E-state index contributed by atoms with van der Waals surface area (Å²) in [6.45, 7) is 1.79. The topological polar surface area (TPSA) is 75.6 Å². The van der Waals surface area contributed by atoms with E-state index in [-0.39, 0.29) is 11.4 Å². The zero-order chi connectivity index (χ0) is 18.1. The van der Waals surface area contributed by atoms with E-state index in [0.717, 1.165) is 35.3 Å². The molecule has 0 heterocycles. The smallest absolute Gasteiger partial charge is 0.240 e. The minimum atomic E-state index is -3.67. The Morgan fingerprint density at radius 2 is 2.04 bits per heavy atom. The number of sulfonamides is 1. The van der Waals surface area contributed by atoms with Crippen LogP contribution in [0.1, 0.15) is 29.5 Å². The lowest BCUT2D eigenvalue weighted by Crippen LogP contribution is -2.42. The highest BCUT2D eigenvalue weighted by atomic mass is 32.2. The van der Waals surface area contributed by atoms with Crippen LogP contribution in [0.3, 0.4) is 0 Å². The Labute approximate surface area is 148 Å². The predicted molar refractivity (Wildman–Crippen MR) is 96.2 cm³/mol. The average molecular weight is 361 g/mol. The van der Waals surface area contributed by atoms with Crippen LogP contribution in [0.15, 0.2) is 47.4 Å². The molecule has 6 heteroatoms. The van der Waals surface area contributed by atoms with E-state index in [4.69, 9.17) is 4.74 Å². The summed E-state index contributed by atoms with van der Waals surface area (Å²) in [6.07, 6.45) is 2.16. The van der Waals surface area contributed by atoms with Gasteiger partial charge < -0.3 is 9.84 Å². The van der Waals surface area contributed by atoms with Gasteiger partial charge in [0.2, 0.25) is 10.0 Å². The molecule has 5 nitrogen and oxygen atoms in total. The van der Waals surface area contributed by atoms with Gasteiger partial charge in [-0.25, -0.2) is 13.1 Å². The molecule has 0 saturated carbocycles. The van der Waals surface area contributed by atoms with Gasteiger partial charge in [0.05, 0.1) is 12.0 Å². The lowest BCUT2D eigenvalue weighted by molar-refractivity contribution is 0.0242. The SMILES string of the molecule is COc1ccc2c(c1)CCCC2(O)CNS(=O)(=O)c1cccc(C)c1. The molecule has 134 valence electrons. The summed E-state index contributed by atoms with van der Waals surface area (Å²) < 4.78 is 32.9. The molecule has 2 aromatic carbocycles. The molecular weight excluding hydrogens is 338 g/mol. The summed E-state index contributed by atoms with van der Waals surface area (Å²) in [6, 6.07) is 12.3. The molecule has 0 radical (unpaired) electrons. The highest BCUT2D eigenvalue weighted by Gasteiger charge is 2.35.